The normalized spacial score (nSPS) is 15.9. The molecule has 1 aliphatic rings. The molecule has 0 radical (unpaired) electrons. The van der Waals surface area contributed by atoms with E-state index in [1.807, 2.05) is 23.1 Å². The van der Waals surface area contributed by atoms with Crippen molar-refractivity contribution in [2.24, 2.45) is 7.05 Å². The van der Waals surface area contributed by atoms with E-state index in [1.165, 1.54) is 16.4 Å². The summed E-state index contributed by atoms with van der Waals surface area (Å²) in [6.07, 6.45) is 1.50. The molecule has 0 N–H and O–H groups in total. The number of amides is 1. The fraction of sp³-hybridized carbons (Fsp3) is 0.375. The van der Waals surface area contributed by atoms with Crippen molar-refractivity contribution in [3.8, 4) is 0 Å². The van der Waals surface area contributed by atoms with Gasteiger partial charge in [-0.05, 0) is 17.7 Å². The van der Waals surface area contributed by atoms with Crippen LogP contribution in [0.3, 0.4) is 0 Å². The highest BCUT2D eigenvalue weighted by atomic mass is 35.5. The second-order valence-corrected chi connectivity index (χ2v) is 6.51. The summed E-state index contributed by atoms with van der Waals surface area (Å²) in [5.41, 5.74) is 1.64. The van der Waals surface area contributed by atoms with Crippen molar-refractivity contribution in [1.82, 2.24) is 19.6 Å². The van der Waals surface area contributed by atoms with Crippen molar-refractivity contribution >= 4 is 29.1 Å². The van der Waals surface area contributed by atoms with E-state index in [0.29, 0.717) is 23.8 Å². The SMILES string of the molecule is Cn1ncc(Cl)c1C(=O)N1CCN(Cc2cccc(Cl)c2)CC1. The van der Waals surface area contributed by atoms with Gasteiger partial charge in [-0.3, -0.25) is 14.4 Å². The molecule has 0 bridgehead atoms. The number of aryl methyl sites for hydroxylation is 1. The summed E-state index contributed by atoms with van der Waals surface area (Å²) >= 11 is 12.1. The minimum atomic E-state index is -0.0580. The lowest BCUT2D eigenvalue weighted by Crippen LogP contribution is -2.48. The molecule has 7 heteroatoms. The van der Waals surface area contributed by atoms with Gasteiger partial charge in [-0.25, -0.2) is 0 Å². The average Bonchev–Trinajstić information content (AvgIpc) is 2.86. The lowest BCUT2D eigenvalue weighted by Gasteiger charge is -2.34. The zero-order valence-electron chi connectivity index (χ0n) is 12.9. The number of benzene rings is 1. The van der Waals surface area contributed by atoms with Crippen LogP contribution in [0.4, 0.5) is 0 Å². The van der Waals surface area contributed by atoms with E-state index >= 15 is 0 Å². The van der Waals surface area contributed by atoms with Gasteiger partial charge in [-0.2, -0.15) is 5.10 Å². The maximum absolute atomic E-state index is 12.6. The first-order valence-corrected chi connectivity index (χ1v) is 8.24. The van der Waals surface area contributed by atoms with Crippen LogP contribution < -0.4 is 0 Å². The Kier molecular flexibility index (Phi) is 4.90. The molecule has 1 amide bonds. The number of hydrogen-bond donors (Lipinski definition) is 0. The van der Waals surface area contributed by atoms with Crippen LogP contribution in [0.25, 0.3) is 0 Å². The topological polar surface area (TPSA) is 41.4 Å². The molecule has 1 saturated heterocycles. The van der Waals surface area contributed by atoms with E-state index in [9.17, 15) is 4.79 Å². The van der Waals surface area contributed by atoms with Gasteiger partial charge in [-0.15, -0.1) is 0 Å². The van der Waals surface area contributed by atoms with E-state index < -0.39 is 0 Å². The van der Waals surface area contributed by atoms with E-state index in [4.69, 9.17) is 23.2 Å². The highest BCUT2D eigenvalue weighted by molar-refractivity contribution is 6.33. The number of hydrogen-bond acceptors (Lipinski definition) is 3. The van der Waals surface area contributed by atoms with E-state index in [-0.39, 0.29) is 5.91 Å². The highest BCUT2D eigenvalue weighted by Crippen LogP contribution is 2.18. The van der Waals surface area contributed by atoms with Gasteiger partial charge in [-0.1, -0.05) is 35.3 Å². The van der Waals surface area contributed by atoms with Crippen LogP contribution in [0.15, 0.2) is 30.5 Å². The summed E-state index contributed by atoms with van der Waals surface area (Å²) in [7, 11) is 1.73. The van der Waals surface area contributed by atoms with Crippen molar-refractivity contribution in [2.75, 3.05) is 26.2 Å². The van der Waals surface area contributed by atoms with Crippen molar-refractivity contribution in [1.29, 1.82) is 0 Å². The summed E-state index contributed by atoms with van der Waals surface area (Å²) in [4.78, 5) is 16.7. The summed E-state index contributed by atoms with van der Waals surface area (Å²) in [6.45, 7) is 3.86. The maximum atomic E-state index is 12.6. The summed E-state index contributed by atoms with van der Waals surface area (Å²) in [5, 5.41) is 5.18. The average molecular weight is 353 g/mol. The third-order valence-electron chi connectivity index (χ3n) is 4.05. The van der Waals surface area contributed by atoms with Gasteiger partial charge in [0, 0.05) is 44.8 Å². The molecule has 0 saturated carbocycles. The fourth-order valence-corrected chi connectivity index (χ4v) is 3.26. The molecule has 0 atom stereocenters. The molecule has 1 aromatic carbocycles. The van der Waals surface area contributed by atoms with Gasteiger partial charge in [0.15, 0.2) is 0 Å². The van der Waals surface area contributed by atoms with Crippen LogP contribution in [0.2, 0.25) is 10.0 Å². The first-order valence-electron chi connectivity index (χ1n) is 7.48. The molecule has 0 spiro atoms. The van der Waals surface area contributed by atoms with E-state index in [1.54, 1.807) is 7.05 Å². The van der Waals surface area contributed by atoms with Gasteiger partial charge in [0.05, 0.1) is 11.2 Å². The summed E-state index contributed by atoms with van der Waals surface area (Å²) in [5.74, 6) is -0.0580. The molecule has 5 nitrogen and oxygen atoms in total. The smallest absolute Gasteiger partial charge is 0.273 e. The zero-order chi connectivity index (χ0) is 16.4. The largest absolute Gasteiger partial charge is 0.335 e. The Labute approximate surface area is 145 Å². The van der Waals surface area contributed by atoms with E-state index in [2.05, 4.69) is 16.1 Å². The summed E-state index contributed by atoms with van der Waals surface area (Å²) < 4.78 is 1.53. The molecule has 1 fully saturated rings. The lowest BCUT2D eigenvalue weighted by atomic mass is 10.2. The van der Waals surface area contributed by atoms with Crippen molar-refractivity contribution in [2.45, 2.75) is 6.54 Å². The van der Waals surface area contributed by atoms with Crippen LogP contribution >= 0.6 is 23.2 Å². The van der Waals surface area contributed by atoms with Gasteiger partial charge in [0.25, 0.3) is 5.91 Å². The second kappa shape index (κ2) is 6.91. The predicted octanol–water partition coefficient (Wildman–Crippen LogP) is 2.68. The number of nitrogens with zero attached hydrogens (tertiary/aromatic N) is 4. The minimum absolute atomic E-state index is 0.0580. The van der Waals surface area contributed by atoms with Crippen molar-refractivity contribution in [3.63, 3.8) is 0 Å². The number of carbonyl (C=O) groups is 1. The zero-order valence-corrected chi connectivity index (χ0v) is 14.4. The molecule has 1 aromatic heterocycles. The molecule has 2 aromatic rings. The van der Waals surface area contributed by atoms with Crippen LogP contribution in [0.1, 0.15) is 16.1 Å². The standard InChI is InChI=1S/C16H18Cl2N4O/c1-20-15(14(18)10-19-20)16(23)22-7-5-21(6-8-22)11-12-3-2-4-13(17)9-12/h2-4,9-10H,5-8,11H2,1H3. The van der Waals surface area contributed by atoms with Gasteiger partial charge in [0.2, 0.25) is 0 Å². The van der Waals surface area contributed by atoms with E-state index in [0.717, 1.165) is 24.7 Å². The van der Waals surface area contributed by atoms with Crippen molar-refractivity contribution < 1.29 is 4.79 Å². The molecule has 1 aliphatic heterocycles. The molecular weight excluding hydrogens is 335 g/mol. The van der Waals surface area contributed by atoms with Gasteiger partial charge >= 0.3 is 0 Å². The Balaban J connectivity index is 1.59. The maximum Gasteiger partial charge on any atom is 0.273 e. The van der Waals surface area contributed by atoms with Gasteiger partial charge in [0.1, 0.15) is 5.69 Å². The Morgan fingerprint density at radius 3 is 2.57 bits per heavy atom. The number of piperazine rings is 1. The molecule has 23 heavy (non-hydrogen) atoms. The van der Waals surface area contributed by atoms with Crippen LogP contribution in [0.5, 0.6) is 0 Å². The lowest BCUT2D eigenvalue weighted by molar-refractivity contribution is 0.0618. The Hall–Kier alpha value is -1.56. The monoisotopic (exact) mass is 352 g/mol. The Morgan fingerprint density at radius 2 is 1.96 bits per heavy atom. The first-order chi connectivity index (χ1) is 11.0. The van der Waals surface area contributed by atoms with Gasteiger partial charge < -0.3 is 4.90 Å². The molecule has 0 aliphatic carbocycles. The Morgan fingerprint density at radius 1 is 1.22 bits per heavy atom. The minimum Gasteiger partial charge on any atom is -0.335 e. The molecule has 2 heterocycles. The first kappa shape index (κ1) is 16.3. The number of carbonyl (C=O) groups excluding carboxylic acids is 1. The van der Waals surface area contributed by atoms with Crippen LogP contribution in [-0.4, -0.2) is 51.7 Å². The quantitative estimate of drug-likeness (QED) is 0.852. The second-order valence-electron chi connectivity index (χ2n) is 5.66. The molecule has 3 rings (SSSR count). The third kappa shape index (κ3) is 3.68. The molecular formula is C16H18Cl2N4O. The Bertz CT molecular complexity index is 688. The number of halogens is 2. The number of aromatic nitrogens is 2. The fourth-order valence-electron chi connectivity index (χ4n) is 2.80. The molecule has 0 unspecified atom stereocenters. The van der Waals surface area contributed by atoms with Crippen LogP contribution in [-0.2, 0) is 13.6 Å². The highest BCUT2D eigenvalue weighted by Gasteiger charge is 2.25. The third-order valence-corrected chi connectivity index (χ3v) is 4.56. The van der Waals surface area contributed by atoms with Crippen LogP contribution in [0, 0.1) is 0 Å². The number of rotatable bonds is 3. The van der Waals surface area contributed by atoms with Crippen molar-refractivity contribution in [3.05, 3.63) is 51.8 Å². The summed E-state index contributed by atoms with van der Waals surface area (Å²) in [6, 6.07) is 7.88. The molecule has 122 valence electrons. The predicted molar refractivity (Wildman–Crippen MR) is 90.9 cm³/mol.